The van der Waals surface area contributed by atoms with Crippen molar-refractivity contribution in [3.8, 4) is 0 Å². The molecule has 1 aromatic heterocycles. The Balaban J connectivity index is 1.35. The van der Waals surface area contributed by atoms with Crippen LogP contribution in [0.4, 0.5) is 5.69 Å². The van der Waals surface area contributed by atoms with Crippen molar-refractivity contribution in [2.75, 3.05) is 18.4 Å². The maximum absolute atomic E-state index is 12.6. The molecule has 1 aliphatic heterocycles. The van der Waals surface area contributed by atoms with E-state index >= 15 is 0 Å². The van der Waals surface area contributed by atoms with Gasteiger partial charge in [0.2, 0.25) is 0 Å². The summed E-state index contributed by atoms with van der Waals surface area (Å²) in [6.07, 6.45) is 2.15. The first-order valence-corrected chi connectivity index (χ1v) is 11.3. The molecule has 168 valence electrons. The van der Waals surface area contributed by atoms with Gasteiger partial charge in [-0.2, -0.15) is 5.10 Å². The SMILES string of the molecule is CC1CN(Cc2ccc(CNc3cnn(Cc4ccccc4)c(=O)c3Cl)cc2)CC(C)O1. The van der Waals surface area contributed by atoms with Gasteiger partial charge >= 0.3 is 0 Å². The van der Waals surface area contributed by atoms with Crippen LogP contribution < -0.4 is 10.9 Å². The van der Waals surface area contributed by atoms with Crippen LogP contribution in [-0.2, 0) is 24.4 Å². The first kappa shape index (κ1) is 22.5. The summed E-state index contributed by atoms with van der Waals surface area (Å²) in [5.41, 5.74) is 3.63. The van der Waals surface area contributed by atoms with E-state index < -0.39 is 0 Å². The molecule has 0 spiro atoms. The predicted molar refractivity (Wildman–Crippen MR) is 128 cm³/mol. The average molecular weight is 453 g/mol. The number of morpholine rings is 1. The third-order valence-electron chi connectivity index (χ3n) is 5.57. The van der Waals surface area contributed by atoms with Crippen molar-refractivity contribution in [3.63, 3.8) is 0 Å². The van der Waals surface area contributed by atoms with Crippen LogP contribution in [0.5, 0.6) is 0 Å². The van der Waals surface area contributed by atoms with E-state index in [-0.39, 0.29) is 22.8 Å². The lowest BCUT2D eigenvalue weighted by molar-refractivity contribution is -0.0704. The molecule has 0 saturated carbocycles. The molecular formula is C25H29ClN4O2. The van der Waals surface area contributed by atoms with Crippen molar-refractivity contribution >= 4 is 17.3 Å². The molecule has 3 aromatic rings. The largest absolute Gasteiger partial charge is 0.378 e. The van der Waals surface area contributed by atoms with Crippen LogP contribution in [0, 0.1) is 0 Å². The molecular weight excluding hydrogens is 424 g/mol. The summed E-state index contributed by atoms with van der Waals surface area (Å²) in [6, 6.07) is 18.2. The van der Waals surface area contributed by atoms with Crippen molar-refractivity contribution < 1.29 is 4.74 Å². The van der Waals surface area contributed by atoms with Crippen LogP contribution in [0.1, 0.15) is 30.5 Å². The Morgan fingerprint density at radius 1 is 0.969 bits per heavy atom. The molecule has 1 fully saturated rings. The van der Waals surface area contributed by atoms with Crippen LogP contribution in [0.3, 0.4) is 0 Å². The maximum Gasteiger partial charge on any atom is 0.287 e. The molecule has 2 aromatic carbocycles. The van der Waals surface area contributed by atoms with E-state index in [9.17, 15) is 4.79 Å². The summed E-state index contributed by atoms with van der Waals surface area (Å²) in [6.45, 7) is 8.03. The number of benzene rings is 2. The topological polar surface area (TPSA) is 59.4 Å². The minimum absolute atomic E-state index is 0.156. The zero-order valence-electron chi connectivity index (χ0n) is 18.5. The molecule has 6 nitrogen and oxygen atoms in total. The normalized spacial score (nSPS) is 19.1. The van der Waals surface area contributed by atoms with Gasteiger partial charge in [-0.1, -0.05) is 66.2 Å². The number of nitrogens with one attached hydrogen (secondary N) is 1. The second kappa shape index (κ2) is 10.3. The minimum Gasteiger partial charge on any atom is -0.378 e. The Hall–Kier alpha value is -2.67. The fourth-order valence-corrected chi connectivity index (χ4v) is 4.30. The van der Waals surface area contributed by atoms with Gasteiger partial charge in [0, 0.05) is 26.2 Å². The van der Waals surface area contributed by atoms with Gasteiger partial charge in [0.25, 0.3) is 5.56 Å². The molecule has 0 radical (unpaired) electrons. The second-order valence-electron chi connectivity index (χ2n) is 8.44. The predicted octanol–water partition coefficient (Wildman–Crippen LogP) is 4.17. The monoisotopic (exact) mass is 452 g/mol. The number of aromatic nitrogens is 2. The molecule has 0 bridgehead atoms. The lowest BCUT2D eigenvalue weighted by atomic mass is 10.1. The number of hydrogen-bond acceptors (Lipinski definition) is 5. The number of rotatable bonds is 7. The highest BCUT2D eigenvalue weighted by Gasteiger charge is 2.21. The van der Waals surface area contributed by atoms with Crippen LogP contribution in [-0.4, -0.2) is 40.0 Å². The van der Waals surface area contributed by atoms with E-state index in [4.69, 9.17) is 16.3 Å². The van der Waals surface area contributed by atoms with Crippen LogP contribution in [0.25, 0.3) is 0 Å². The van der Waals surface area contributed by atoms with Gasteiger partial charge in [-0.15, -0.1) is 0 Å². The Morgan fingerprint density at radius 2 is 1.59 bits per heavy atom. The Bertz CT molecular complexity index is 1080. The first-order valence-electron chi connectivity index (χ1n) is 11.0. The number of halogens is 1. The van der Waals surface area contributed by atoms with Gasteiger partial charge in [-0.3, -0.25) is 9.69 Å². The third kappa shape index (κ3) is 5.76. The van der Waals surface area contributed by atoms with Crippen LogP contribution >= 0.6 is 11.6 Å². The number of hydrogen-bond donors (Lipinski definition) is 1. The van der Waals surface area contributed by atoms with Gasteiger partial charge in [0.1, 0.15) is 5.02 Å². The maximum atomic E-state index is 12.6. The highest BCUT2D eigenvalue weighted by atomic mass is 35.5. The summed E-state index contributed by atoms with van der Waals surface area (Å²) in [5.74, 6) is 0. The third-order valence-corrected chi connectivity index (χ3v) is 5.93. The zero-order valence-corrected chi connectivity index (χ0v) is 19.3. The molecule has 1 saturated heterocycles. The van der Waals surface area contributed by atoms with Gasteiger partial charge in [-0.25, -0.2) is 4.68 Å². The smallest absolute Gasteiger partial charge is 0.287 e. The molecule has 1 N–H and O–H groups in total. The summed E-state index contributed by atoms with van der Waals surface area (Å²) in [5, 5.41) is 7.67. The van der Waals surface area contributed by atoms with Gasteiger partial charge in [0.15, 0.2) is 0 Å². The average Bonchev–Trinajstić information content (AvgIpc) is 2.77. The Labute approximate surface area is 193 Å². The van der Waals surface area contributed by atoms with Crippen molar-refractivity contribution in [2.24, 2.45) is 0 Å². The Morgan fingerprint density at radius 3 is 2.28 bits per heavy atom. The fourth-order valence-electron chi connectivity index (χ4n) is 4.09. The lowest BCUT2D eigenvalue weighted by Gasteiger charge is -2.35. The molecule has 4 rings (SSSR count). The van der Waals surface area contributed by atoms with Crippen molar-refractivity contribution in [1.29, 1.82) is 0 Å². The minimum atomic E-state index is -0.301. The van der Waals surface area contributed by atoms with E-state index in [0.29, 0.717) is 18.8 Å². The fraction of sp³-hybridized carbons (Fsp3) is 0.360. The van der Waals surface area contributed by atoms with E-state index in [0.717, 1.165) is 30.8 Å². The van der Waals surface area contributed by atoms with E-state index in [1.165, 1.54) is 10.2 Å². The van der Waals surface area contributed by atoms with Crippen LogP contribution in [0.15, 0.2) is 65.6 Å². The summed E-state index contributed by atoms with van der Waals surface area (Å²) in [7, 11) is 0. The Kier molecular flexibility index (Phi) is 7.25. The van der Waals surface area contributed by atoms with Gasteiger partial charge < -0.3 is 10.1 Å². The number of anilines is 1. The molecule has 1 aliphatic rings. The summed E-state index contributed by atoms with van der Waals surface area (Å²) >= 11 is 6.34. The molecule has 2 atom stereocenters. The van der Waals surface area contributed by atoms with Gasteiger partial charge in [0.05, 0.1) is 30.6 Å². The van der Waals surface area contributed by atoms with E-state index in [1.54, 1.807) is 6.20 Å². The zero-order chi connectivity index (χ0) is 22.5. The second-order valence-corrected chi connectivity index (χ2v) is 8.82. The first-order chi connectivity index (χ1) is 15.5. The lowest BCUT2D eigenvalue weighted by Crippen LogP contribution is -2.44. The highest BCUT2D eigenvalue weighted by Crippen LogP contribution is 2.18. The van der Waals surface area contributed by atoms with E-state index in [2.05, 4.69) is 53.4 Å². The van der Waals surface area contributed by atoms with E-state index in [1.807, 2.05) is 30.3 Å². The number of nitrogens with zero attached hydrogens (tertiary/aromatic N) is 3. The number of ether oxygens (including phenoxy) is 1. The summed E-state index contributed by atoms with van der Waals surface area (Å²) < 4.78 is 7.19. The molecule has 2 heterocycles. The highest BCUT2D eigenvalue weighted by molar-refractivity contribution is 6.32. The molecule has 0 aliphatic carbocycles. The van der Waals surface area contributed by atoms with Crippen LogP contribution in [0.2, 0.25) is 5.02 Å². The van der Waals surface area contributed by atoms with Gasteiger partial charge in [-0.05, 0) is 30.5 Å². The molecule has 0 amide bonds. The van der Waals surface area contributed by atoms with Crippen molar-refractivity contribution in [3.05, 3.63) is 92.9 Å². The quantitative estimate of drug-likeness (QED) is 0.583. The molecule has 32 heavy (non-hydrogen) atoms. The molecule has 2 unspecified atom stereocenters. The molecule has 7 heteroatoms. The summed E-state index contributed by atoms with van der Waals surface area (Å²) in [4.78, 5) is 15.0. The standard InChI is InChI=1S/C25H29ClN4O2/c1-18-14-29(15-19(2)32-18)16-22-10-8-20(9-11-22)12-27-23-13-28-30(25(31)24(23)26)17-21-6-4-3-5-7-21/h3-11,13,18-19,27H,12,14-17H2,1-2H3. The van der Waals surface area contributed by atoms with Crippen molar-refractivity contribution in [2.45, 2.75) is 45.7 Å². The van der Waals surface area contributed by atoms with Crippen molar-refractivity contribution in [1.82, 2.24) is 14.7 Å².